The lowest BCUT2D eigenvalue weighted by Crippen LogP contribution is -2.25. The van der Waals surface area contributed by atoms with Gasteiger partial charge in [-0.3, -0.25) is 9.13 Å². The van der Waals surface area contributed by atoms with Crippen LogP contribution >= 0.6 is 12.2 Å². The van der Waals surface area contributed by atoms with Gasteiger partial charge in [-0.2, -0.15) is 0 Å². The van der Waals surface area contributed by atoms with Gasteiger partial charge in [-0.25, -0.2) is 9.18 Å². The van der Waals surface area contributed by atoms with Crippen LogP contribution < -0.4 is 11.4 Å². The second kappa shape index (κ2) is 6.00. The van der Waals surface area contributed by atoms with Crippen LogP contribution in [0.4, 0.5) is 4.39 Å². The molecule has 0 amide bonds. The molecule has 0 bridgehead atoms. The molecule has 6 heteroatoms. The minimum atomic E-state index is -0.396. The van der Waals surface area contributed by atoms with Gasteiger partial charge in [-0.05, 0) is 24.1 Å². The molecule has 20 heavy (non-hydrogen) atoms. The number of nitrogens with zero attached hydrogens (tertiary/aromatic N) is 2. The van der Waals surface area contributed by atoms with Gasteiger partial charge in [-0.15, -0.1) is 0 Å². The first-order valence-corrected chi connectivity index (χ1v) is 6.77. The lowest BCUT2D eigenvalue weighted by atomic mass is 10.1. The number of benzene rings is 1. The van der Waals surface area contributed by atoms with Crippen molar-refractivity contribution in [3.63, 3.8) is 0 Å². The lowest BCUT2D eigenvalue weighted by molar-refractivity contribution is 0.618. The molecule has 0 saturated heterocycles. The number of aryl methyl sites for hydroxylation is 1. The van der Waals surface area contributed by atoms with E-state index in [0.29, 0.717) is 18.7 Å². The van der Waals surface area contributed by atoms with E-state index >= 15 is 0 Å². The van der Waals surface area contributed by atoms with Crippen LogP contribution in [0.15, 0.2) is 35.4 Å². The minimum absolute atomic E-state index is 0.0925. The van der Waals surface area contributed by atoms with Gasteiger partial charge in [0.2, 0.25) is 0 Å². The van der Waals surface area contributed by atoms with Crippen molar-refractivity contribution in [2.24, 2.45) is 5.73 Å². The second-order valence-electron chi connectivity index (χ2n) is 4.57. The zero-order valence-electron chi connectivity index (χ0n) is 11.2. The van der Waals surface area contributed by atoms with Crippen LogP contribution in [0.1, 0.15) is 24.5 Å². The van der Waals surface area contributed by atoms with E-state index in [4.69, 9.17) is 18.0 Å². The van der Waals surface area contributed by atoms with E-state index in [1.165, 1.54) is 12.1 Å². The quantitative estimate of drug-likeness (QED) is 0.856. The molecular formula is C14H16FN3OS. The molecule has 0 radical (unpaired) electrons. The number of thiocarbonyl (C=S) groups is 1. The monoisotopic (exact) mass is 293 g/mol. The highest BCUT2D eigenvalue weighted by Gasteiger charge is 2.10. The highest BCUT2D eigenvalue weighted by molar-refractivity contribution is 7.80. The number of rotatable bonds is 5. The van der Waals surface area contributed by atoms with E-state index in [0.717, 1.165) is 12.0 Å². The summed E-state index contributed by atoms with van der Waals surface area (Å²) in [4.78, 5) is 12.2. The third kappa shape index (κ3) is 2.96. The molecule has 2 rings (SSSR count). The van der Waals surface area contributed by atoms with E-state index in [-0.39, 0.29) is 10.7 Å². The van der Waals surface area contributed by atoms with Gasteiger partial charge >= 0.3 is 5.69 Å². The fourth-order valence-corrected chi connectivity index (χ4v) is 2.27. The summed E-state index contributed by atoms with van der Waals surface area (Å²) in [6.45, 7) is 3.01. The Labute approximate surface area is 121 Å². The summed E-state index contributed by atoms with van der Waals surface area (Å²) in [5.41, 5.74) is 6.71. The number of aromatic nitrogens is 2. The number of nitrogens with two attached hydrogens (primary N) is 1. The van der Waals surface area contributed by atoms with Crippen molar-refractivity contribution in [1.82, 2.24) is 9.13 Å². The summed E-state index contributed by atoms with van der Waals surface area (Å²) >= 11 is 4.92. The third-order valence-electron chi connectivity index (χ3n) is 3.06. The van der Waals surface area contributed by atoms with Crippen molar-refractivity contribution in [2.75, 3.05) is 0 Å². The molecule has 1 heterocycles. The lowest BCUT2D eigenvalue weighted by Gasteiger charge is -2.08. The van der Waals surface area contributed by atoms with Crippen LogP contribution in [0.2, 0.25) is 0 Å². The Morgan fingerprint density at radius 3 is 2.70 bits per heavy atom. The van der Waals surface area contributed by atoms with Gasteiger partial charge in [0.1, 0.15) is 10.8 Å². The molecule has 4 nitrogen and oxygen atoms in total. The molecule has 2 aromatic rings. The van der Waals surface area contributed by atoms with Gasteiger partial charge < -0.3 is 5.73 Å². The molecule has 2 N–H and O–H groups in total. The van der Waals surface area contributed by atoms with Crippen molar-refractivity contribution in [2.45, 2.75) is 26.4 Å². The molecule has 0 atom stereocenters. The Kier molecular flexibility index (Phi) is 4.34. The fourth-order valence-electron chi connectivity index (χ4n) is 2.08. The third-order valence-corrected chi connectivity index (χ3v) is 3.28. The van der Waals surface area contributed by atoms with Crippen LogP contribution in [0, 0.1) is 5.82 Å². The Hall–Kier alpha value is -1.95. The summed E-state index contributed by atoms with van der Waals surface area (Å²) in [5.74, 6) is -0.396. The van der Waals surface area contributed by atoms with E-state index in [1.54, 1.807) is 27.6 Å². The van der Waals surface area contributed by atoms with Gasteiger partial charge in [0, 0.05) is 24.5 Å². The average Bonchev–Trinajstić information content (AvgIpc) is 2.74. The molecule has 1 aromatic heterocycles. The summed E-state index contributed by atoms with van der Waals surface area (Å²) in [5, 5.41) is 0. The minimum Gasteiger partial charge on any atom is -0.389 e. The summed E-state index contributed by atoms with van der Waals surface area (Å²) in [7, 11) is 0. The number of hydrogen-bond donors (Lipinski definition) is 1. The molecule has 106 valence electrons. The summed E-state index contributed by atoms with van der Waals surface area (Å²) < 4.78 is 16.4. The van der Waals surface area contributed by atoms with Gasteiger partial charge in [-0.1, -0.05) is 25.2 Å². The zero-order chi connectivity index (χ0) is 14.7. The Bertz CT molecular complexity index is 690. The van der Waals surface area contributed by atoms with Crippen molar-refractivity contribution in [1.29, 1.82) is 0 Å². The number of hydrogen-bond acceptors (Lipinski definition) is 2. The van der Waals surface area contributed by atoms with Crippen LogP contribution in [0.25, 0.3) is 0 Å². The fraction of sp³-hybridized carbons (Fsp3) is 0.286. The maximum Gasteiger partial charge on any atom is 0.328 e. The zero-order valence-corrected chi connectivity index (χ0v) is 12.0. The maximum atomic E-state index is 13.2. The van der Waals surface area contributed by atoms with E-state index < -0.39 is 5.82 Å². The molecule has 0 aliphatic heterocycles. The van der Waals surface area contributed by atoms with Gasteiger partial charge in [0.05, 0.1) is 6.54 Å². The van der Waals surface area contributed by atoms with E-state index in [9.17, 15) is 9.18 Å². The molecular weight excluding hydrogens is 277 g/mol. The predicted molar refractivity (Wildman–Crippen MR) is 80.4 cm³/mol. The summed E-state index contributed by atoms with van der Waals surface area (Å²) in [6, 6.07) is 4.24. The van der Waals surface area contributed by atoms with Crippen LogP contribution in [0.5, 0.6) is 0 Å². The molecule has 0 aliphatic rings. The van der Waals surface area contributed by atoms with Crippen molar-refractivity contribution >= 4 is 17.2 Å². The van der Waals surface area contributed by atoms with Crippen LogP contribution in [-0.4, -0.2) is 14.1 Å². The first-order valence-electron chi connectivity index (χ1n) is 6.36. The molecule has 0 spiro atoms. The normalized spacial score (nSPS) is 10.7. The predicted octanol–water partition coefficient (Wildman–Crippen LogP) is 1.88. The number of imidazole rings is 1. The van der Waals surface area contributed by atoms with Crippen LogP contribution in [-0.2, 0) is 13.1 Å². The van der Waals surface area contributed by atoms with Crippen molar-refractivity contribution in [3.8, 4) is 0 Å². The number of halogens is 1. The first-order chi connectivity index (χ1) is 9.52. The smallest absolute Gasteiger partial charge is 0.328 e. The van der Waals surface area contributed by atoms with Crippen molar-refractivity contribution < 1.29 is 4.39 Å². The average molecular weight is 293 g/mol. The standard InChI is InChI=1S/C14H16FN3OS/c1-2-5-17-6-7-18(14(17)19)9-10-3-4-11(15)8-12(10)13(16)20/h3-4,6-8H,2,5,9H2,1H3,(H2,16,20). The topological polar surface area (TPSA) is 52.9 Å². The SMILES string of the molecule is CCCn1ccn(Cc2ccc(F)cc2C(N)=S)c1=O. The Balaban J connectivity index is 2.35. The highest BCUT2D eigenvalue weighted by Crippen LogP contribution is 2.12. The largest absolute Gasteiger partial charge is 0.389 e. The van der Waals surface area contributed by atoms with Gasteiger partial charge in [0.25, 0.3) is 0 Å². The Morgan fingerprint density at radius 1 is 1.35 bits per heavy atom. The van der Waals surface area contributed by atoms with E-state index in [1.807, 2.05) is 6.92 Å². The maximum absolute atomic E-state index is 13.2. The molecule has 0 fully saturated rings. The first kappa shape index (κ1) is 14.5. The molecule has 1 aromatic carbocycles. The van der Waals surface area contributed by atoms with Crippen LogP contribution in [0.3, 0.4) is 0 Å². The second-order valence-corrected chi connectivity index (χ2v) is 5.01. The van der Waals surface area contributed by atoms with Crippen molar-refractivity contribution in [3.05, 3.63) is 58.0 Å². The molecule has 0 aliphatic carbocycles. The molecule has 0 unspecified atom stereocenters. The molecule has 0 saturated carbocycles. The highest BCUT2D eigenvalue weighted by atomic mass is 32.1. The Morgan fingerprint density at radius 2 is 2.05 bits per heavy atom. The van der Waals surface area contributed by atoms with Gasteiger partial charge in [0.15, 0.2) is 0 Å². The van der Waals surface area contributed by atoms with E-state index in [2.05, 4.69) is 0 Å². The summed E-state index contributed by atoms with van der Waals surface area (Å²) in [6.07, 6.45) is 4.35.